The van der Waals surface area contributed by atoms with E-state index in [2.05, 4.69) is 64.8 Å². The van der Waals surface area contributed by atoms with Gasteiger partial charge in [-0.15, -0.1) is 11.3 Å². The summed E-state index contributed by atoms with van der Waals surface area (Å²) in [7, 11) is 0. The maximum atomic E-state index is 12.7. The molecule has 3 aromatic heterocycles. The van der Waals surface area contributed by atoms with E-state index in [1.54, 1.807) is 23.5 Å². The molecule has 4 aromatic rings. The number of amides is 1. The third-order valence-electron chi connectivity index (χ3n) is 5.11. The van der Waals surface area contributed by atoms with E-state index >= 15 is 0 Å². The summed E-state index contributed by atoms with van der Waals surface area (Å²) < 4.78 is 5.28. The first-order valence-corrected chi connectivity index (χ1v) is 11.4. The molecule has 1 atom stereocenters. The molecule has 0 bridgehead atoms. The zero-order chi connectivity index (χ0) is 22.7. The van der Waals surface area contributed by atoms with Crippen LogP contribution in [0.1, 0.15) is 56.5 Å². The lowest BCUT2D eigenvalue weighted by Gasteiger charge is -2.21. The number of thiophene rings is 1. The van der Waals surface area contributed by atoms with Crippen LogP contribution in [0.4, 0.5) is 10.9 Å². The van der Waals surface area contributed by atoms with Crippen LogP contribution < -0.4 is 10.6 Å². The third-order valence-corrected chi connectivity index (χ3v) is 6.32. The second-order valence-corrected chi connectivity index (χ2v) is 8.88. The van der Waals surface area contributed by atoms with Crippen LogP contribution in [-0.4, -0.2) is 15.9 Å². The molecule has 6 nitrogen and oxygen atoms in total. The van der Waals surface area contributed by atoms with Crippen molar-refractivity contribution in [3.8, 4) is 0 Å². The van der Waals surface area contributed by atoms with Gasteiger partial charge in [-0.3, -0.25) is 4.79 Å². The summed E-state index contributed by atoms with van der Waals surface area (Å²) in [5, 5.41) is 7.33. The van der Waals surface area contributed by atoms with Crippen molar-refractivity contribution in [1.82, 2.24) is 9.97 Å². The molecule has 0 saturated carbocycles. The van der Waals surface area contributed by atoms with E-state index in [-0.39, 0.29) is 17.7 Å². The minimum atomic E-state index is -0.272. The number of carbonyl (C=O) groups is 1. The van der Waals surface area contributed by atoms with Crippen molar-refractivity contribution in [3.63, 3.8) is 0 Å². The predicted molar refractivity (Wildman–Crippen MR) is 129 cm³/mol. The Morgan fingerprint density at radius 1 is 1.06 bits per heavy atom. The van der Waals surface area contributed by atoms with Crippen LogP contribution in [0, 0.1) is 20.8 Å². The number of hydrogen-bond acceptors (Lipinski definition) is 6. The smallest absolute Gasteiger partial charge is 0.291 e. The van der Waals surface area contributed by atoms with Gasteiger partial charge in [0.2, 0.25) is 5.95 Å². The number of anilines is 2. The summed E-state index contributed by atoms with van der Waals surface area (Å²) in [6, 6.07) is 15.6. The fourth-order valence-corrected chi connectivity index (χ4v) is 4.57. The molecule has 0 aliphatic carbocycles. The van der Waals surface area contributed by atoms with Gasteiger partial charge in [-0.2, -0.15) is 0 Å². The van der Waals surface area contributed by atoms with E-state index in [0.29, 0.717) is 5.95 Å². The highest BCUT2D eigenvalue weighted by Crippen LogP contribution is 2.38. The number of aromatic nitrogens is 2. The maximum absolute atomic E-state index is 12.7. The van der Waals surface area contributed by atoms with E-state index in [0.717, 1.165) is 33.9 Å². The first kappa shape index (κ1) is 21.8. The lowest BCUT2D eigenvalue weighted by atomic mass is 9.99. The Bertz CT molecular complexity index is 1190. The highest BCUT2D eigenvalue weighted by Gasteiger charge is 2.23. The largest absolute Gasteiger partial charge is 0.459 e. The molecular formula is C25H26N4O2S. The molecule has 0 fully saturated rings. The molecule has 0 saturated heterocycles. The predicted octanol–water partition coefficient (Wildman–Crippen LogP) is 6.07. The van der Waals surface area contributed by atoms with Gasteiger partial charge in [0.25, 0.3) is 5.91 Å². The molecule has 2 N–H and O–H groups in total. The molecule has 1 amide bonds. The quantitative estimate of drug-likeness (QED) is 0.360. The lowest BCUT2D eigenvalue weighted by molar-refractivity contribution is 0.0997. The van der Waals surface area contributed by atoms with Crippen molar-refractivity contribution in [2.45, 2.75) is 40.2 Å². The Balaban J connectivity index is 1.77. The Morgan fingerprint density at radius 3 is 2.41 bits per heavy atom. The molecule has 7 heteroatoms. The molecule has 0 aliphatic rings. The Labute approximate surface area is 191 Å². The lowest BCUT2D eigenvalue weighted by Crippen LogP contribution is -2.18. The number of carbonyl (C=O) groups excluding carboxylic acids is 1. The van der Waals surface area contributed by atoms with Gasteiger partial charge in [-0.1, -0.05) is 36.8 Å². The van der Waals surface area contributed by atoms with E-state index in [1.807, 2.05) is 19.9 Å². The van der Waals surface area contributed by atoms with Gasteiger partial charge in [0, 0.05) is 21.8 Å². The van der Waals surface area contributed by atoms with E-state index in [1.165, 1.54) is 16.7 Å². The molecule has 3 heterocycles. The number of aryl methyl sites for hydroxylation is 4. The van der Waals surface area contributed by atoms with Gasteiger partial charge in [0.05, 0.1) is 12.3 Å². The van der Waals surface area contributed by atoms with Crippen LogP contribution in [0.25, 0.3) is 0 Å². The van der Waals surface area contributed by atoms with Crippen molar-refractivity contribution in [2.24, 2.45) is 0 Å². The Hall–Kier alpha value is -3.45. The van der Waals surface area contributed by atoms with Gasteiger partial charge in [-0.05, 0) is 57.0 Å². The normalized spacial score (nSPS) is 11.9. The van der Waals surface area contributed by atoms with Crippen molar-refractivity contribution in [3.05, 3.63) is 93.5 Å². The summed E-state index contributed by atoms with van der Waals surface area (Å²) in [6.45, 7) is 8.08. The standard InChI is InChI=1S/C25H26N4O2S/c1-5-19-14-20(24(32-19)29-23(30)21-7-6-12-31-21)22(18-10-8-15(2)9-11-18)28-25-26-16(3)13-17(4)27-25/h6-14,22H,5H2,1-4H3,(H,29,30)(H,26,27,28). The number of benzene rings is 1. The topological polar surface area (TPSA) is 80.0 Å². The van der Waals surface area contributed by atoms with Crippen molar-refractivity contribution in [1.29, 1.82) is 0 Å². The molecule has 164 valence electrons. The number of hydrogen-bond donors (Lipinski definition) is 2. The summed E-state index contributed by atoms with van der Waals surface area (Å²) in [5.41, 5.74) is 5.01. The fourth-order valence-electron chi connectivity index (χ4n) is 3.54. The summed E-state index contributed by atoms with van der Waals surface area (Å²) in [6.07, 6.45) is 2.37. The van der Waals surface area contributed by atoms with Gasteiger partial charge in [0.1, 0.15) is 5.00 Å². The zero-order valence-corrected chi connectivity index (χ0v) is 19.4. The van der Waals surface area contributed by atoms with Crippen LogP contribution in [0.5, 0.6) is 0 Å². The fraction of sp³-hybridized carbons (Fsp3) is 0.240. The average Bonchev–Trinajstić information content (AvgIpc) is 3.42. The molecule has 0 spiro atoms. The zero-order valence-electron chi connectivity index (χ0n) is 18.6. The van der Waals surface area contributed by atoms with Crippen LogP contribution in [0.15, 0.2) is 59.2 Å². The minimum Gasteiger partial charge on any atom is -0.459 e. The van der Waals surface area contributed by atoms with Crippen molar-refractivity contribution >= 4 is 28.2 Å². The number of rotatable bonds is 7. The highest BCUT2D eigenvalue weighted by atomic mass is 32.1. The van der Waals surface area contributed by atoms with Gasteiger partial charge >= 0.3 is 0 Å². The molecule has 1 aromatic carbocycles. The Kier molecular flexibility index (Phi) is 6.37. The Morgan fingerprint density at radius 2 is 1.78 bits per heavy atom. The number of nitrogens with one attached hydrogen (secondary N) is 2. The van der Waals surface area contributed by atoms with Crippen LogP contribution >= 0.6 is 11.3 Å². The molecule has 1 unspecified atom stereocenters. The average molecular weight is 447 g/mol. The number of furan rings is 1. The minimum absolute atomic E-state index is 0.236. The van der Waals surface area contributed by atoms with E-state index in [9.17, 15) is 4.79 Å². The van der Waals surface area contributed by atoms with Gasteiger partial charge in [-0.25, -0.2) is 9.97 Å². The molecule has 4 rings (SSSR count). The van der Waals surface area contributed by atoms with Gasteiger partial charge < -0.3 is 15.1 Å². The van der Waals surface area contributed by atoms with Crippen LogP contribution in [-0.2, 0) is 6.42 Å². The SMILES string of the molecule is CCc1cc(C(Nc2nc(C)cc(C)n2)c2ccc(C)cc2)c(NC(=O)c2ccco2)s1. The van der Waals surface area contributed by atoms with E-state index in [4.69, 9.17) is 4.42 Å². The van der Waals surface area contributed by atoms with E-state index < -0.39 is 0 Å². The van der Waals surface area contributed by atoms with Gasteiger partial charge in [0.15, 0.2) is 5.76 Å². The highest BCUT2D eigenvalue weighted by molar-refractivity contribution is 7.16. The molecule has 32 heavy (non-hydrogen) atoms. The second-order valence-electron chi connectivity index (χ2n) is 7.74. The molecule has 0 radical (unpaired) electrons. The summed E-state index contributed by atoms with van der Waals surface area (Å²) in [4.78, 5) is 23.1. The van der Waals surface area contributed by atoms with Crippen molar-refractivity contribution in [2.75, 3.05) is 10.6 Å². The molecular weight excluding hydrogens is 420 g/mol. The maximum Gasteiger partial charge on any atom is 0.291 e. The summed E-state index contributed by atoms with van der Waals surface area (Å²) in [5.74, 6) is 0.562. The first-order valence-electron chi connectivity index (χ1n) is 10.6. The third kappa shape index (κ3) is 4.89. The van der Waals surface area contributed by atoms with Crippen LogP contribution in [0.2, 0.25) is 0 Å². The molecule has 0 aliphatic heterocycles. The summed E-state index contributed by atoms with van der Waals surface area (Å²) >= 11 is 1.57. The monoisotopic (exact) mass is 446 g/mol. The van der Waals surface area contributed by atoms with Crippen LogP contribution in [0.3, 0.4) is 0 Å². The van der Waals surface area contributed by atoms with Crippen molar-refractivity contribution < 1.29 is 9.21 Å². The first-order chi connectivity index (χ1) is 15.4. The number of nitrogens with zero attached hydrogens (tertiary/aromatic N) is 2. The second kappa shape index (κ2) is 9.36.